The first kappa shape index (κ1) is 25.5. The van der Waals surface area contributed by atoms with Crippen molar-refractivity contribution in [3.05, 3.63) is 46.2 Å². The minimum Gasteiger partial charge on any atom is -0.493 e. The van der Waals surface area contributed by atoms with E-state index in [1.165, 1.54) is 4.90 Å². The van der Waals surface area contributed by atoms with E-state index in [0.29, 0.717) is 37.6 Å². The van der Waals surface area contributed by atoms with Gasteiger partial charge in [0, 0.05) is 32.1 Å². The van der Waals surface area contributed by atoms with Crippen molar-refractivity contribution in [2.45, 2.75) is 26.8 Å². The first-order chi connectivity index (χ1) is 15.2. The van der Waals surface area contributed by atoms with Gasteiger partial charge in [0.05, 0.1) is 20.8 Å². The molecule has 0 atom stereocenters. The first-order valence-electron chi connectivity index (χ1n) is 10.7. The molecule has 2 rings (SSSR count). The lowest BCUT2D eigenvalue weighted by atomic mass is 10.1. The molecule has 8 heteroatoms. The van der Waals surface area contributed by atoms with Crippen molar-refractivity contribution < 1.29 is 19.1 Å². The van der Waals surface area contributed by atoms with Gasteiger partial charge in [-0.3, -0.25) is 4.79 Å². The summed E-state index contributed by atoms with van der Waals surface area (Å²) in [6, 6.07) is 9.65. The molecule has 0 aliphatic carbocycles. The van der Waals surface area contributed by atoms with Crippen LogP contribution < -0.4 is 9.47 Å². The summed E-state index contributed by atoms with van der Waals surface area (Å²) in [5, 5.41) is 2.01. The molecule has 0 radical (unpaired) electrons. The van der Waals surface area contributed by atoms with Crippen molar-refractivity contribution >= 4 is 23.3 Å². The van der Waals surface area contributed by atoms with Crippen LogP contribution in [0.1, 0.15) is 24.3 Å². The van der Waals surface area contributed by atoms with E-state index >= 15 is 0 Å². The number of rotatable bonds is 11. The number of hydrogen-bond acceptors (Lipinski definition) is 5. The fourth-order valence-corrected chi connectivity index (χ4v) is 4.10. The van der Waals surface area contributed by atoms with Crippen molar-refractivity contribution in [1.29, 1.82) is 0 Å². The molecule has 0 N–H and O–H groups in total. The Morgan fingerprint density at radius 3 is 2.31 bits per heavy atom. The average molecular weight is 462 g/mol. The predicted molar refractivity (Wildman–Crippen MR) is 128 cm³/mol. The number of urea groups is 1. The molecular formula is C24H35N3O4S. The topological polar surface area (TPSA) is 62.3 Å². The largest absolute Gasteiger partial charge is 0.493 e. The maximum Gasteiger partial charge on any atom is 0.319 e. The van der Waals surface area contributed by atoms with E-state index in [2.05, 4.69) is 0 Å². The second-order valence-electron chi connectivity index (χ2n) is 8.29. The van der Waals surface area contributed by atoms with Gasteiger partial charge in [0.1, 0.15) is 6.54 Å². The number of ether oxygens (including phenoxy) is 2. The highest BCUT2D eigenvalue weighted by Crippen LogP contribution is 2.28. The smallest absolute Gasteiger partial charge is 0.319 e. The highest BCUT2D eigenvalue weighted by atomic mass is 32.1. The van der Waals surface area contributed by atoms with Crippen LogP contribution in [0.25, 0.3) is 0 Å². The summed E-state index contributed by atoms with van der Waals surface area (Å²) >= 11 is 1.62. The molecule has 32 heavy (non-hydrogen) atoms. The maximum absolute atomic E-state index is 13.3. The molecule has 0 unspecified atom stereocenters. The molecule has 0 saturated heterocycles. The van der Waals surface area contributed by atoms with Crippen LogP contribution >= 0.6 is 11.3 Å². The summed E-state index contributed by atoms with van der Waals surface area (Å²) in [5.74, 6) is 1.55. The number of thiophene rings is 1. The summed E-state index contributed by atoms with van der Waals surface area (Å²) in [7, 11) is 6.64. The monoisotopic (exact) mass is 461 g/mol. The lowest BCUT2D eigenvalue weighted by Crippen LogP contribution is -2.47. The quantitative estimate of drug-likeness (QED) is 0.508. The predicted octanol–water partition coefficient (Wildman–Crippen LogP) is 3.98. The third-order valence-electron chi connectivity index (χ3n) is 4.96. The zero-order valence-electron chi connectivity index (χ0n) is 20.0. The van der Waals surface area contributed by atoms with Crippen molar-refractivity contribution in [3.8, 4) is 11.5 Å². The van der Waals surface area contributed by atoms with Gasteiger partial charge >= 0.3 is 6.03 Å². The van der Waals surface area contributed by atoms with Crippen LogP contribution in [0, 0.1) is 5.92 Å². The molecule has 3 amide bonds. The Hall–Kier alpha value is -2.74. The van der Waals surface area contributed by atoms with E-state index in [1.807, 2.05) is 54.5 Å². The van der Waals surface area contributed by atoms with Gasteiger partial charge in [-0.15, -0.1) is 11.3 Å². The molecule has 2 aromatic rings. The van der Waals surface area contributed by atoms with Gasteiger partial charge < -0.3 is 24.2 Å². The third-order valence-corrected chi connectivity index (χ3v) is 5.82. The standard InChI is InChI=1S/C24H35N3O4S/c1-18(2)15-27(24(29)25(3)4)17-23(28)26(16-20-8-7-13-32-20)12-11-19-9-10-21(30-5)22(14-19)31-6/h7-10,13-14,18H,11-12,15-17H2,1-6H3. The highest BCUT2D eigenvalue weighted by Gasteiger charge is 2.23. The number of hydrogen-bond donors (Lipinski definition) is 0. The molecule has 0 fully saturated rings. The molecule has 0 spiro atoms. The number of carbonyl (C=O) groups is 2. The van der Waals surface area contributed by atoms with E-state index in [0.717, 1.165) is 10.4 Å². The van der Waals surface area contributed by atoms with Crippen LogP contribution in [0.4, 0.5) is 4.79 Å². The van der Waals surface area contributed by atoms with E-state index < -0.39 is 0 Å². The van der Waals surface area contributed by atoms with Crippen molar-refractivity contribution in [2.75, 3.05) is 47.9 Å². The summed E-state index contributed by atoms with van der Waals surface area (Å²) in [6.45, 7) is 5.74. The number of methoxy groups -OCH3 is 2. The van der Waals surface area contributed by atoms with Crippen LogP contribution in [-0.2, 0) is 17.8 Å². The number of carbonyl (C=O) groups excluding carboxylic acids is 2. The summed E-state index contributed by atoms with van der Waals surface area (Å²) in [5.41, 5.74) is 1.05. The van der Waals surface area contributed by atoms with Crippen molar-refractivity contribution in [2.24, 2.45) is 5.92 Å². The van der Waals surface area contributed by atoms with E-state index in [1.54, 1.807) is 44.6 Å². The molecule has 1 aromatic carbocycles. The summed E-state index contributed by atoms with van der Waals surface area (Å²) in [4.78, 5) is 32.0. The normalized spacial score (nSPS) is 10.7. The Balaban J connectivity index is 2.16. The summed E-state index contributed by atoms with van der Waals surface area (Å²) < 4.78 is 10.7. The second-order valence-corrected chi connectivity index (χ2v) is 9.32. The van der Waals surface area contributed by atoms with Crippen LogP contribution in [-0.4, -0.2) is 74.6 Å². The third kappa shape index (κ3) is 7.44. The van der Waals surface area contributed by atoms with Gasteiger partial charge in [-0.2, -0.15) is 0 Å². The lowest BCUT2D eigenvalue weighted by Gasteiger charge is -2.30. The van der Waals surface area contributed by atoms with Crippen LogP contribution in [0.3, 0.4) is 0 Å². The molecule has 176 valence electrons. The first-order valence-corrected chi connectivity index (χ1v) is 11.6. The second kappa shape index (κ2) is 12.3. The Morgan fingerprint density at radius 1 is 1.03 bits per heavy atom. The molecule has 1 aromatic heterocycles. The van der Waals surface area contributed by atoms with Gasteiger partial charge in [-0.25, -0.2) is 4.79 Å². The van der Waals surface area contributed by atoms with Crippen LogP contribution in [0.2, 0.25) is 0 Å². The molecule has 1 heterocycles. The maximum atomic E-state index is 13.3. The van der Waals surface area contributed by atoms with Gasteiger partial charge in [0.25, 0.3) is 0 Å². The van der Waals surface area contributed by atoms with Crippen molar-refractivity contribution in [3.63, 3.8) is 0 Å². The Labute approximate surface area is 195 Å². The summed E-state index contributed by atoms with van der Waals surface area (Å²) in [6.07, 6.45) is 0.670. The molecule has 0 aliphatic rings. The highest BCUT2D eigenvalue weighted by molar-refractivity contribution is 7.09. The molecule has 0 aliphatic heterocycles. The van der Waals surface area contributed by atoms with Gasteiger partial charge in [-0.05, 0) is 41.5 Å². The number of amides is 3. The van der Waals surface area contributed by atoms with Gasteiger partial charge in [0.2, 0.25) is 5.91 Å². The van der Waals surface area contributed by atoms with E-state index in [9.17, 15) is 9.59 Å². The molecule has 0 bridgehead atoms. The zero-order valence-corrected chi connectivity index (χ0v) is 20.8. The Kier molecular flexibility index (Phi) is 9.84. The number of benzene rings is 1. The fraction of sp³-hybridized carbons (Fsp3) is 0.500. The lowest BCUT2D eigenvalue weighted by molar-refractivity contribution is -0.132. The fourth-order valence-electron chi connectivity index (χ4n) is 3.38. The number of nitrogens with zero attached hydrogens (tertiary/aromatic N) is 3. The molecule has 7 nitrogen and oxygen atoms in total. The minimum absolute atomic E-state index is 0.0604. The average Bonchev–Trinajstić information content (AvgIpc) is 3.28. The van der Waals surface area contributed by atoms with Gasteiger partial charge in [-0.1, -0.05) is 26.0 Å². The van der Waals surface area contributed by atoms with Gasteiger partial charge in [0.15, 0.2) is 11.5 Å². The minimum atomic E-state index is -0.150. The molecule has 0 saturated carbocycles. The van der Waals surface area contributed by atoms with E-state index in [-0.39, 0.29) is 24.4 Å². The molecular weight excluding hydrogens is 426 g/mol. The van der Waals surface area contributed by atoms with E-state index in [4.69, 9.17) is 9.47 Å². The van der Waals surface area contributed by atoms with Crippen LogP contribution in [0.5, 0.6) is 11.5 Å². The SMILES string of the molecule is COc1ccc(CCN(Cc2cccs2)C(=O)CN(CC(C)C)C(=O)N(C)C)cc1OC. The Morgan fingerprint density at radius 2 is 1.75 bits per heavy atom. The Bertz CT molecular complexity index is 868. The van der Waals surface area contributed by atoms with Crippen molar-refractivity contribution in [1.82, 2.24) is 14.7 Å². The zero-order chi connectivity index (χ0) is 23.7. The van der Waals surface area contributed by atoms with Crippen LogP contribution in [0.15, 0.2) is 35.7 Å².